The van der Waals surface area contributed by atoms with Crippen LogP contribution in [0.5, 0.6) is 5.75 Å². The number of halogens is 5. The Kier molecular flexibility index (Phi) is 5.28. The number of pyridine rings is 2. The first kappa shape index (κ1) is 23.2. The number of fused-ring (bicyclic) bond motifs is 1. The van der Waals surface area contributed by atoms with Crippen molar-refractivity contribution < 1.29 is 36.6 Å². The third kappa shape index (κ3) is 4.31. The highest BCUT2D eigenvalue weighted by atomic mass is 19.4. The monoisotopic (exact) mass is 491 g/mol. The van der Waals surface area contributed by atoms with Crippen molar-refractivity contribution in [3.8, 4) is 17.0 Å². The van der Waals surface area contributed by atoms with Gasteiger partial charge in [-0.05, 0) is 30.3 Å². The largest absolute Gasteiger partial charge is 0.483 e. The van der Waals surface area contributed by atoms with Crippen molar-refractivity contribution in [2.45, 2.75) is 37.1 Å². The average Bonchev–Trinajstić information content (AvgIpc) is 3.13. The van der Waals surface area contributed by atoms with Gasteiger partial charge in [0.1, 0.15) is 11.4 Å². The molecular formula is C24H18F5N3O3. The van der Waals surface area contributed by atoms with E-state index in [9.17, 15) is 31.9 Å². The molecule has 1 saturated carbocycles. The summed E-state index contributed by atoms with van der Waals surface area (Å²) in [5, 5.41) is 10.3. The molecule has 1 N–H and O–H groups in total. The van der Waals surface area contributed by atoms with Crippen molar-refractivity contribution >= 4 is 11.6 Å². The molecule has 1 amide bonds. The van der Waals surface area contributed by atoms with Crippen LogP contribution in [-0.2, 0) is 12.1 Å². The quantitative estimate of drug-likeness (QED) is 0.516. The highest BCUT2D eigenvalue weighted by Gasteiger charge is 2.57. The molecule has 5 rings (SSSR count). The van der Waals surface area contributed by atoms with Crippen LogP contribution in [0.3, 0.4) is 0 Å². The number of aliphatic hydroxyl groups is 1. The van der Waals surface area contributed by atoms with Crippen molar-refractivity contribution in [1.29, 1.82) is 0 Å². The number of aromatic nitrogens is 2. The summed E-state index contributed by atoms with van der Waals surface area (Å²) in [5.74, 6) is -3.33. The van der Waals surface area contributed by atoms with Gasteiger partial charge in [0.05, 0.1) is 29.8 Å². The number of hydrogen-bond donors (Lipinski definition) is 1. The van der Waals surface area contributed by atoms with Crippen LogP contribution in [0.15, 0.2) is 54.9 Å². The van der Waals surface area contributed by atoms with E-state index in [0.717, 1.165) is 0 Å². The Balaban J connectivity index is 1.43. The van der Waals surface area contributed by atoms with Crippen LogP contribution < -0.4 is 9.64 Å². The van der Waals surface area contributed by atoms with Crippen molar-refractivity contribution in [2.24, 2.45) is 0 Å². The summed E-state index contributed by atoms with van der Waals surface area (Å²) in [6, 6.07) is 10.5. The number of alkyl halides is 5. The highest BCUT2D eigenvalue weighted by molar-refractivity contribution is 6.11. The smallest absolute Gasteiger partial charge is 0.422 e. The van der Waals surface area contributed by atoms with Crippen molar-refractivity contribution in [2.75, 3.05) is 11.5 Å². The number of carbonyl (C=O) groups is 1. The predicted molar refractivity (Wildman–Crippen MR) is 114 cm³/mol. The van der Waals surface area contributed by atoms with E-state index in [1.807, 2.05) is 0 Å². The van der Waals surface area contributed by atoms with Gasteiger partial charge >= 0.3 is 6.18 Å². The summed E-state index contributed by atoms with van der Waals surface area (Å²) >= 11 is 0. The molecule has 11 heteroatoms. The molecule has 6 nitrogen and oxygen atoms in total. The van der Waals surface area contributed by atoms with Crippen LogP contribution in [-0.4, -0.2) is 39.7 Å². The molecule has 0 spiro atoms. The van der Waals surface area contributed by atoms with Gasteiger partial charge in [-0.15, -0.1) is 0 Å². The van der Waals surface area contributed by atoms with Gasteiger partial charge in [0.2, 0.25) is 0 Å². The van der Waals surface area contributed by atoms with E-state index in [2.05, 4.69) is 9.97 Å². The minimum absolute atomic E-state index is 0.0202. The molecule has 1 aliphatic heterocycles. The van der Waals surface area contributed by atoms with Gasteiger partial charge in [-0.1, -0.05) is 12.1 Å². The van der Waals surface area contributed by atoms with E-state index in [1.54, 1.807) is 12.1 Å². The van der Waals surface area contributed by atoms with Gasteiger partial charge in [-0.2, -0.15) is 13.2 Å². The van der Waals surface area contributed by atoms with Gasteiger partial charge in [0.25, 0.3) is 11.8 Å². The second-order valence-electron chi connectivity index (χ2n) is 8.62. The topological polar surface area (TPSA) is 75.5 Å². The summed E-state index contributed by atoms with van der Waals surface area (Å²) < 4.78 is 69.6. The van der Waals surface area contributed by atoms with Gasteiger partial charge in [-0.3, -0.25) is 14.8 Å². The van der Waals surface area contributed by atoms with E-state index in [-0.39, 0.29) is 23.9 Å². The van der Waals surface area contributed by atoms with Crippen molar-refractivity contribution in [3.05, 3.63) is 71.7 Å². The van der Waals surface area contributed by atoms with Crippen molar-refractivity contribution in [1.82, 2.24) is 9.97 Å². The standard InChI is InChI=1S/C24H18F5N3O3/c25-23(26)11-22(34,12-23)19-6-5-14(9-31-19)32-10-17-15(21(32)33)7-8-30-20(17)16-3-1-2-4-18(16)35-13-24(27,28)29/h1-9,34H,10-13H2. The van der Waals surface area contributed by atoms with Gasteiger partial charge in [-0.25, -0.2) is 8.78 Å². The number of carbonyl (C=O) groups excluding carboxylic acids is 1. The van der Waals surface area contributed by atoms with Crippen LogP contribution in [0.1, 0.15) is 34.5 Å². The SMILES string of the molecule is O=C1c2ccnc(-c3ccccc3OCC(F)(F)F)c2CN1c1ccc(C2(O)CC(F)(F)C2)nc1. The molecule has 0 radical (unpaired) electrons. The van der Waals surface area contributed by atoms with Crippen LogP contribution in [0.25, 0.3) is 11.3 Å². The first-order chi connectivity index (χ1) is 16.5. The second kappa shape index (κ2) is 7.98. The number of benzene rings is 1. The van der Waals surface area contributed by atoms with Crippen LogP contribution in [0.2, 0.25) is 0 Å². The maximum atomic E-state index is 13.2. The van der Waals surface area contributed by atoms with E-state index < -0.39 is 37.1 Å². The average molecular weight is 491 g/mol. The molecule has 0 unspecified atom stereocenters. The van der Waals surface area contributed by atoms with Crippen LogP contribution >= 0.6 is 0 Å². The van der Waals surface area contributed by atoms with E-state index in [1.165, 1.54) is 47.6 Å². The molecular weight excluding hydrogens is 473 g/mol. The maximum absolute atomic E-state index is 13.2. The first-order valence-electron chi connectivity index (χ1n) is 10.6. The third-order valence-electron chi connectivity index (χ3n) is 6.02. The molecule has 2 aromatic heterocycles. The molecule has 182 valence electrons. The zero-order chi connectivity index (χ0) is 25.0. The predicted octanol–water partition coefficient (Wildman–Crippen LogP) is 4.86. The van der Waals surface area contributed by atoms with Crippen LogP contribution in [0.4, 0.5) is 27.6 Å². The summed E-state index contributed by atoms with van der Waals surface area (Å²) in [5.41, 5.74) is 0.198. The number of hydrogen-bond acceptors (Lipinski definition) is 5. The fourth-order valence-corrected chi connectivity index (χ4v) is 4.42. The summed E-state index contributed by atoms with van der Waals surface area (Å²) in [7, 11) is 0. The number of nitrogens with zero attached hydrogens (tertiary/aromatic N) is 3. The molecule has 2 aliphatic rings. The minimum Gasteiger partial charge on any atom is -0.483 e. The molecule has 1 fully saturated rings. The van der Waals surface area contributed by atoms with Crippen LogP contribution in [0, 0.1) is 0 Å². The van der Waals surface area contributed by atoms with Crippen molar-refractivity contribution in [3.63, 3.8) is 0 Å². The Morgan fingerprint density at radius 1 is 1.03 bits per heavy atom. The zero-order valence-electron chi connectivity index (χ0n) is 18.0. The summed E-state index contributed by atoms with van der Waals surface area (Å²) in [6.07, 6.45) is -3.24. The molecule has 1 aromatic carbocycles. The molecule has 1 aliphatic carbocycles. The Morgan fingerprint density at radius 3 is 2.43 bits per heavy atom. The fraction of sp³-hybridized carbons (Fsp3) is 0.292. The summed E-state index contributed by atoms with van der Waals surface area (Å²) in [6.45, 7) is -1.41. The molecule has 3 aromatic rings. The number of ether oxygens (including phenoxy) is 1. The van der Waals surface area contributed by atoms with Gasteiger partial charge < -0.3 is 14.7 Å². The molecule has 35 heavy (non-hydrogen) atoms. The number of amides is 1. The number of anilines is 1. The Hall–Kier alpha value is -3.60. The van der Waals surface area contributed by atoms with E-state index >= 15 is 0 Å². The maximum Gasteiger partial charge on any atom is 0.422 e. The molecule has 3 heterocycles. The first-order valence-corrected chi connectivity index (χ1v) is 10.6. The molecule has 0 atom stereocenters. The summed E-state index contributed by atoms with van der Waals surface area (Å²) in [4.78, 5) is 22.9. The molecule has 0 bridgehead atoms. The van der Waals surface area contributed by atoms with Gasteiger partial charge in [0, 0.05) is 35.7 Å². The second-order valence-corrected chi connectivity index (χ2v) is 8.62. The lowest BCUT2D eigenvalue weighted by Crippen LogP contribution is -2.49. The Bertz CT molecular complexity index is 1290. The lowest BCUT2D eigenvalue weighted by molar-refractivity contribution is -0.212. The van der Waals surface area contributed by atoms with E-state index in [0.29, 0.717) is 28.1 Å². The zero-order valence-corrected chi connectivity index (χ0v) is 18.0. The fourth-order valence-electron chi connectivity index (χ4n) is 4.42. The lowest BCUT2D eigenvalue weighted by atomic mass is 9.74. The highest BCUT2D eigenvalue weighted by Crippen LogP contribution is 2.51. The lowest BCUT2D eigenvalue weighted by Gasteiger charge is -2.42. The number of para-hydroxylation sites is 1. The van der Waals surface area contributed by atoms with E-state index in [4.69, 9.17) is 4.74 Å². The Morgan fingerprint density at radius 2 is 1.77 bits per heavy atom. The minimum atomic E-state index is -4.52. The third-order valence-corrected chi connectivity index (χ3v) is 6.02. The molecule has 0 saturated heterocycles. The van der Waals surface area contributed by atoms with Gasteiger partial charge in [0.15, 0.2) is 6.61 Å². The number of rotatable bonds is 5. The Labute approximate surface area is 196 Å². The normalized spacial score (nSPS) is 18.2.